The minimum atomic E-state index is -0.147. The van der Waals surface area contributed by atoms with Crippen LogP contribution in [0.4, 0.5) is 0 Å². The van der Waals surface area contributed by atoms with Gasteiger partial charge >= 0.3 is 5.97 Å². The van der Waals surface area contributed by atoms with Crippen LogP contribution in [0.15, 0.2) is 24.3 Å². The second kappa shape index (κ2) is 7.22. The van der Waals surface area contributed by atoms with Crippen LogP contribution < -0.4 is 4.74 Å². The van der Waals surface area contributed by atoms with E-state index in [-0.39, 0.29) is 11.2 Å². The van der Waals surface area contributed by atoms with E-state index in [2.05, 4.69) is 0 Å². The third kappa shape index (κ3) is 4.69. The third-order valence-corrected chi connectivity index (χ3v) is 3.47. The number of hydrogen-bond donors (Lipinski definition) is 0. The summed E-state index contributed by atoms with van der Waals surface area (Å²) >= 11 is 1.58. The minimum absolute atomic E-state index is 0.128. The summed E-state index contributed by atoms with van der Waals surface area (Å²) in [6.07, 6.45) is 0. The predicted molar refractivity (Wildman–Crippen MR) is 70.4 cm³/mol. The highest BCUT2D eigenvalue weighted by molar-refractivity contribution is 7.99. The smallest absolute Gasteiger partial charge is 0.318 e. The average Bonchev–Trinajstić information content (AvgIpc) is 2.36. The topological polar surface area (TPSA) is 35.5 Å². The van der Waals surface area contributed by atoms with Crippen molar-refractivity contribution < 1.29 is 14.3 Å². The molecule has 0 fully saturated rings. The summed E-state index contributed by atoms with van der Waals surface area (Å²) in [7, 11) is 1.65. The van der Waals surface area contributed by atoms with Gasteiger partial charge in [-0.25, -0.2) is 0 Å². The lowest BCUT2D eigenvalue weighted by atomic mass is 10.2. The number of hydrogen-bond acceptors (Lipinski definition) is 4. The summed E-state index contributed by atoms with van der Waals surface area (Å²) in [5.74, 6) is 1.49. The highest BCUT2D eigenvalue weighted by Gasteiger charge is 2.13. The molecular formula is C13H18O3S. The Morgan fingerprint density at radius 3 is 2.53 bits per heavy atom. The fourth-order valence-corrected chi connectivity index (χ4v) is 2.11. The van der Waals surface area contributed by atoms with Crippen LogP contribution in [0.2, 0.25) is 0 Å². The minimum Gasteiger partial charge on any atom is -0.497 e. The van der Waals surface area contributed by atoms with Gasteiger partial charge in [0.05, 0.1) is 19.0 Å². The molecule has 0 aromatic heterocycles. The number of carbonyl (C=O) groups is 1. The standard InChI is InChI=1S/C13H18O3S/c1-4-16-13(14)10(2)17-9-11-5-7-12(15-3)8-6-11/h5-8,10H,4,9H2,1-3H3/t10-/m0/s1. The molecule has 17 heavy (non-hydrogen) atoms. The molecule has 0 aliphatic carbocycles. The molecule has 0 saturated heterocycles. The molecule has 1 aromatic rings. The lowest BCUT2D eigenvalue weighted by Gasteiger charge is -2.10. The van der Waals surface area contributed by atoms with Gasteiger partial charge in [-0.15, -0.1) is 11.8 Å². The Kier molecular flexibility index (Phi) is 5.91. The SMILES string of the molecule is CCOC(=O)[C@H](C)SCc1ccc(OC)cc1. The summed E-state index contributed by atoms with van der Waals surface area (Å²) < 4.78 is 10.0. The number of ether oxygens (including phenoxy) is 2. The quantitative estimate of drug-likeness (QED) is 0.731. The van der Waals surface area contributed by atoms with E-state index in [1.54, 1.807) is 18.9 Å². The van der Waals surface area contributed by atoms with Crippen molar-refractivity contribution in [2.75, 3.05) is 13.7 Å². The molecule has 0 spiro atoms. The molecule has 0 aliphatic rings. The van der Waals surface area contributed by atoms with E-state index in [4.69, 9.17) is 9.47 Å². The van der Waals surface area contributed by atoms with Gasteiger partial charge in [-0.05, 0) is 31.5 Å². The van der Waals surface area contributed by atoms with Gasteiger partial charge in [0.1, 0.15) is 5.75 Å². The summed E-state index contributed by atoms with van der Waals surface area (Å²) in [6, 6.07) is 7.85. The highest BCUT2D eigenvalue weighted by Crippen LogP contribution is 2.20. The maximum Gasteiger partial charge on any atom is 0.318 e. The summed E-state index contributed by atoms with van der Waals surface area (Å²) in [4.78, 5) is 11.4. The van der Waals surface area contributed by atoms with Crippen LogP contribution in [0.3, 0.4) is 0 Å². The largest absolute Gasteiger partial charge is 0.497 e. The highest BCUT2D eigenvalue weighted by atomic mass is 32.2. The molecule has 1 atom stereocenters. The molecular weight excluding hydrogens is 236 g/mol. The molecule has 4 heteroatoms. The zero-order valence-corrected chi connectivity index (χ0v) is 11.3. The molecule has 0 amide bonds. The molecule has 1 aromatic carbocycles. The number of methoxy groups -OCH3 is 1. The van der Waals surface area contributed by atoms with Crippen molar-refractivity contribution in [1.82, 2.24) is 0 Å². The monoisotopic (exact) mass is 254 g/mol. The lowest BCUT2D eigenvalue weighted by molar-refractivity contribution is -0.142. The van der Waals surface area contributed by atoms with Crippen LogP contribution >= 0.6 is 11.8 Å². The second-order valence-corrected chi connectivity index (χ2v) is 4.88. The Balaban J connectivity index is 2.41. The molecule has 0 saturated carbocycles. The van der Waals surface area contributed by atoms with Gasteiger partial charge in [-0.2, -0.15) is 0 Å². The third-order valence-electron chi connectivity index (χ3n) is 2.28. The van der Waals surface area contributed by atoms with Gasteiger partial charge in [0.25, 0.3) is 0 Å². The van der Waals surface area contributed by atoms with Gasteiger partial charge < -0.3 is 9.47 Å². The molecule has 0 radical (unpaired) electrons. The fraction of sp³-hybridized carbons (Fsp3) is 0.462. The van der Waals surface area contributed by atoms with E-state index < -0.39 is 0 Å². The van der Waals surface area contributed by atoms with Crippen molar-refractivity contribution >= 4 is 17.7 Å². The summed E-state index contributed by atoms with van der Waals surface area (Å²) in [6.45, 7) is 4.12. The van der Waals surface area contributed by atoms with Crippen LogP contribution in [-0.4, -0.2) is 24.9 Å². The van der Waals surface area contributed by atoms with Crippen LogP contribution in [0.5, 0.6) is 5.75 Å². The first kappa shape index (κ1) is 13.9. The zero-order chi connectivity index (χ0) is 12.7. The van der Waals surface area contributed by atoms with Gasteiger partial charge in [0.15, 0.2) is 0 Å². The van der Waals surface area contributed by atoms with Gasteiger partial charge in [-0.1, -0.05) is 12.1 Å². The van der Waals surface area contributed by atoms with Crippen molar-refractivity contribution in [3.63, 3.8) is 0 Å². The normalized spacial score (nSPS) is 11.9. The van der Waals surface area contributed by atoms with E-state index in [0.29, 0.717) is 6.61 Å². The Morgan fingerprint density at radius 1 is 1.35 bits per heavy atom. The second-order valence-electron chi connectivity index (χ2n) is 3.55. The van der Waals surface area contributed by atoms with Crippen LogP contribution in [0.25, 0.3) is 0 Å². The zero-order valence-electron chi connectivity index (χ0n) is 10.4. The Bertz CT molecular complexity index is 348. The number of thioether (sulfide) groups is 1. The van der Waals surface area contributed by atoms with E-state index in [1.165, 1.54) is 5.56 Å². The van der Waals surface area contributed by atoms with Gasteiger partial charge in [0, 0.05) is 5.75 Å². The van der Waals surface area contributed by atoms with Crippen LogP contribution in [0, 0.1) is 0 Å². The molecule has 1 rings (SSSR count). The Hall–Kier alpha value is -1.16. The molecule has 0 bridgehead atoms. The molecule has 0 heterocycles. The van der Waals surface area contributed by atoms with Crippen LogP contribution in [0.1, 0.15) is 19.4 Å². The maximum absolute atomic E-state index is 11.4. The van der Waals surface area contributed by atoms with E-state index in [9.17, 15) is 4.79 Å². The van der Waals surface area contributed by atoms with Gasteiger partial charge in [0.2, 0.25) is 0 Å². The summed E-state index contributed by atoms with van der Waals surface area (Å²) in [5.41, 5.74) is 1.17. The van der Waals surface area contributed by atoms with Crippen molar-refractivity contribution in [2.24, 2.45) is 0 Å². The fourth-order valence-electron chi connectivity index (χ4n) is 1.27. The Morgan fingerprint density at radius 2 is 2.00 bits per heavy atom. The first-order chi connectivity index (χ1) is 8.17. The molecule has 0 unspecified atom stereocenters. The first-order valence-electron chi connectivity index (χ1n) is 5.58. The van der Waals surface area contributed by atoms with Crippen molar-refractivity contribution in [1.29, 1.82) is 0 Å². The summed E-state index contributed by atoms with van der Waals surface area (Å²) in [5, 5.41) is -0.128. The average molecular weight is 254 g/mol. The maximum atomic E-state index is 11.4. The van der Waals surface area contributed by atoms with Crippen molar-refractivity contribution in [3.8, 4) is 5.75 Å². The van der Waals surface area contributed by atoms with Gasteiger partial charge in [-0.3, -0.25) is 4.79 Å². The predicted octanol–water partition coefficient (Wildman–Crippen LogP) is 2.88. The molecule has 3 nitrogen and oxygen atoms in total. The first-order valence-corrected chi connectivity index (χ1v) is 6.63. The number of carbonyl (C=O) groups excluding carboxylic acids is 1. The lowest BCUT2D eigenvalue weighted by Crippen LogP contribution is -2.16. The van der Waals surface area contributed by atoms with E-state index >= 15 is 0 Å². The van der Waals surface area contributed by atoms with Crippen molar-refractivity contribution in [2.45, 2.75) is 24.9 Å². The molecule has 0 N–H and O–H groups in total. The molecule has 0 aliphatic heterocycles. The van der Waals surface area contributed by atoms with Crippen LogP contribution in [-0.2, 0) is 15.3 Å². The number of esters is 1. The van der Waals surface area contributed by atoms with Crippen molar-refractivity contribution in [3.05, 3.63) is 29.8 Å². The molecule has 94 valence electrons. The van der Waals surface area contributed by atoms with E-state index in [0.717, 1.165) is 11.5 Å². The number of rotatable bonds is 6. The van der Waals surface area contributed by atoms with E-state index in [1.807, 2.05) is 38.1 Å². The number of benzene rings is 1. The Labute approximate surface area is 106 Å².